The summed E-state index contributed by atoms with van der Waals surface area (Å²) in [5, 5.41) is 16.4. The smallest absolute Gasteiger partial charge is 0.156 e. The molecular formula is C45H46N4O. The van der Waals surface area contributed by atoms with E-state index in [-0.39, 0.29) is 5.92 Å². The lowest BCUT2D eigenvalue weighted by Crippen LogP contribution is -2.38. The fourth-order valence-corrected chi connectivity index (χ4v) is 7.42. The number of aliphatic hydroxyl groups is 1. The fourth-order valence-electron chi connectivity index (χ4n) is 7.42. The Morgan fingerprint density at radius 1 is 0.700 bits per heavy atom. The van der Waals surface area contributed by atoms with Crippen molar-refractivity contribution in [3.63, 3.8) is 0 Å². The number of benzene rings is 5. The second kappa shape index (κ2) is 13.9. The molecule has 0 amide bonds. The van der Waals surface area contributed by atoms with Crippen LogP contribution in [0.2, 0.25) is 0 Å². The van der Waals surface area contributed by atoms with E-state index in [4.69, 9.17) is 9.97 Å². The second-order valence-electron chi connectivity index (χ2n) is 14.2. The molecule has 252 valence electrons. The number of pyridine rings is 1. The molecule has 5 heteroatoms. The van der Waals surface area contributed by atoms with E-state index in [0.29, 0.717) is 12.4 Å². The van der Waals surface area contributed by atoms with Gasteiger partial charge in [-0.15, -0.1) is 0 Å². The molecule has 1 unspecified atom stereocenters. The highest BCUT2D eigenvalue weighted by Gasteiger charge is 2.38. The van der Waals surface area contributed by atoms with Crippen LogP contribution in [-0.4, -0.2) is 25.2 Å². The van der Waals surface area contributed by atoms with Crippen molar-refractivity contribution < 1.29 is 5.11 Å². The first-order valence-corrected chi connectivity index (χ1v) is 17.8. The molecule has 1 atom stereocenters. The van der Waals surface area contributed by atoms with Crippen LogP contribution in [-0.2, 0) is 18.5 Å². The molecule has 0 spiro atoms. The largest absolute Gasteiger partial charge is 0.389 e. The molecule has 5 nitrogen and oxygen atoms in total. The fraction of sp³-hybridized carbons (Fsp3) is 0.244. The molecule has 0 aliphatic heterocycles. The lowest BCUT2D eigenvalue weighted by atomic mass is 9.77. The van der Waals surface area contributed by atoms with Crippen molar-refractivity contribution in [1.82, 2.24) is 14.5 Å². The van der Waals surface area contributed by atoms with Crippen LogP contribution in [0.5, 0.6) is 0 Å². The van der Waals surface area contributed by atoms with Gasteiger partial charge in [0, 0.05) is 11.3 Å². The van der Waals surface area contributed by atoms with Crippen molar-refractivity contribution in [3.8, 4) is 0 Å². The van der Waals surface area contributed by atoms with Gasteiger partial charge in [-0.2, -0.15) is 0 Å². The van der Waals surface area contributed by atoms with Gasteiger partial charge >= 0.3 is 0 Å². The average Bonchev–Trinajstić information content (AvgIpc) is 3.50. The van der Waals surface area contributed by atoms with Crippen LogP contribution >= 0.6 is 0 Å². The summed E-state index contributed by atoms with van der Waals surface area (Å²) >= 11 is 0. The number of aromatic nitrogens is 3. The number of nitrogens with one attached hydrogen (secondary N) is 1. The Bertz CT molecular complexity index is 2090. The van der Waals surface area contributed by atoms with Gasteiger partial charge in [-0.05, 0) is 60.6 Å². The summed E-state index contributed by atoms with van der Waals surface area (Å²) in [7, 11) is 0. The van der Waals surface area contributed by atoms with Crippen LogP contribution in [0.1, 0.15) is 80.1 Å². The van der Waals surface area contributed by atoms with Gasteiger partial charge in [-0.1, -0.05) is 154 Å². The van der Waals surface area contributed by atoms with Gasteiger partial charge in [0.15, 0.2) is 5.82 Å². The summed E-state index contributed by atoms with van der Waals surface area (Å²) in [4.78, 5) is 10.9. The van der Waals surface area contributed by atoms with Crippen molar-refractivity contribution >= 4 is 27.8 Å². The Morgan fingerprint density at radius 2 is 1.24 bits per heavy atom. The van der Waals surface area contributed by atoms with E-state index in [9.17, 15) is 5.11 Å². The Balaban J connectivity index is 1.55. The first kappa shape index (κ1) is 33.2. The van der Waals surface area contributed by atoms with Crippen molar-refractivity contribution in [2.45, 2.75) is 70.6 Å². The molecule has 0 radical (unpaired) electrons. The lowest BCUT2D eigenvalue weighted by Gasteiger charge is -2.37. The van der Waals surface area contributed by atoms with Gasteiger partial charge < -0.3 is 15.0 Å². The van der Waals surface area contributed by atoms with Crippen LogP contribution in [0, 0.1) is 0 Å². The van der Waals surface area contributed by atoms with E-state index >= 15 is 0 Å². The SMILES string of the molecule is CCCC(C)c1nc2c(NC(c3ccccc3)(c3ccccc3)c3ccccc3)nc3cc(Cc4ccccc4)ccc3c2n1CC(C)(C)O. The quantitative estimate of drug-likeness (QED) is 0.128. The first-order chi connectivity index (χ1) is 24.3. The summed E-state index contributed by atoms with van der Waals surface area (Å²) in [5.74, 6) is 1.87. The molecule has 0 saturated heterocycles. The Kier molecular flexibility index (Phi) is 9.26. The molecule has 7 aromatic rings. The van der Waals surface area contributed by atoms with Gasteiger partial charge in [-0.3, -0.25) is 0 Å². The van der Waals surface area contributed by atoms with E-state index in [1.165, 1.54) is 11.1 Å². The molecule has 0 saturated carbocycles. The number of imidazole rings is 1. The number of fused-ring (bicyclic) bond motifs is 3. The molecule has 0 aliphatic rings. The molecule has 0 aliphatic carbocycles. The molecule has 50 heavy (non-hydrogen) atoms. The van der Waals surface area contributed by atoms with Crippen molar-refractivity contribution in [3.05, 3.63) is 173 Å². The van der Waals surface area contributed by atoms with Gasteiger partial charge in [-0.25, -0.2) is 9.97 Å². The Morgan fingerprint density at radius 3 is 1.76 bits per heavy atom. The Labute approximate surface area is 295 Å². The third-order valence-electron chi connectivity index (χ3n) is 9.66. The zero-order valence-electron chi connectivity index (χ0n) is 29.5. The molecule has 5 aromatic carbocycles. The van der Waals surface area contributed by atoms with Crippen molar-refractivity contribution in [2.24, 2.45) is 0 Å². The summed E-state index contributed by atoms with van der Waals surface area (Å²) in [6.07, 6.45) is 2.84. The predicted molar refractivity (Wildman–Crippen MR) is 207 cm³/mol. The van der Waals surface area contributed by atoms with E-state index in [1.54, 1.807) is 0 Å². The molecular weight excluding hydrogens is 613 g/mol. The minimum Gasteiger partial charge on any atom is -0.389 e. The minimum atomic E-state index is -0.952. The van der Waals surface area contributed by atoms with Crippen LogP contribution < -0.4 is 5.32 Å². The summed E-state index contributed by atoms with van der Waals surface area (Å²) in [5.41, 5.74) is 6.70. The normalized spacial score (nSPS) is 12.7. The maximum absolute atomic E-state index is 11.3. The molecule has 2 heterocycles. The van der Waals surface area contributed by atoms with Crippen molar-refractivity contribution in [1.29, 1.82) is 0 Å². The number of rotatable bonds is 12. The van der Waals surface area contributed by atoms with E-state index in [2.05, 4.69) is 163 Å². The number of hydrogen-bond donors (Lipinski definition) is 2. The summed E-state index contributed by atoms with van der Waals surface area (Å²) < 4.78 is 2.26. The van der Waals surface area contributed by atoms with E-state index < -0.39 is 11.1 Å². The maximum atomic E-state index is 11.3. The number of hydrogen-bond acceptors (Lipinski definition) is 4. The van der Waals surface area contributed by atoms with Gasteiger partial charge in [0.25, 0.3) is 0 Å². The second-order valence-corrected chi connectivity index (χ2v) is 14.2. The molecule has 2 N–H and O–H groups in total. The van der Waals surface area contributed by atoms with Gasteiger partial charge in [0.2, 0.25) is 0 Å². The number of anilines is 1. The minimum absolute atomic E-state index is 0.192. The van der Waals surface area contributed by atoms with Crippen LogP contribution in [0.15, 0.2) is 140 Å². The highest BCUT2D eigenvalue weighted by molar-refractivity contribution is 6.07. The Hall–Kier alpha value is -5.26. The predicted octanol–water partition coefficient (Wildman–Crippen LogP) is 10.3. The zero-order valence-corrected chi connectivity index (χ0v) is 29.5. The van der Waals surface area contributed by atoms with Crippen LogP contribution in [0.4, 0.5) is 5.82 Å². The zero-order chi connectivity index (χ0) is 34.7. The van der Waals surface area contributed by atoms with Gasteiger partial charge in [0.05, 0.1) is 23.2 Å². The highest BCUT2D eigenvalue weighted by atomic mass is 16.3. The van der Waals surface area contributed by atoms with Crippen molar-refractivity contribution in [2.75, 3.05) is 5.32 Å². The summed E-state index contributed by atoms with van der Waals surface area (Å²) in [6.45, 7) is 8.62. The van der Waals surface area contributed by atoms with Crippen LogP contribution in [0.3, 0.4) is 0 Å². The van der Waals surface area contributed by atoms with Gasteiger partial charge in [0.1, 0.15) is 16.9 Å². The van der Waals surface area contributed by atoms with E-state index in [0.717, 1.165) is 63.7 Å². The van der Waals surface area contributed by atoms with Crippen LogP contribution in [0.25, 0.3) is 21.9 Å². The maximum Gasteiger partial charge on any atom is 0.156 e. The standard InChI is InChI=1S/C45H46N4O/c1-5-18-32(2)43-47-40-41(49(43)31-44(3,4)50)38-28-27-34(29-33-19-10-6-11-20-33)30-39(38)46-42(40)48-45(35-21-12-7-13-22-35,36-23-14-8-15-24-36)37-25-16-9-17-26-37/h6-17,19-28,30,32,50H,5,18,29,31H2,1-4H3,(H,46,48). The lowest BCUT2D eigenvalue weighted by molar-refractivity contribution is 0.0615. The number of nitrogens with zero attached hydrogens (tertiary/aromatic N) is 3. The first-order valence-electron chi connectivity index (χ1n) is 17.8. The molecule has 0 bridgehead atoms. The molecule has 2 aromatic heterocycles. The average molecular weight is 659 g/mol. The topological polar surface area (TPSA) is 63.0 Å². The highest BCUT2D eigenvalue weighted by Crippen LogP contribution is 2.43. The third-order valence-corrected chi connectivity index (χ3v) is 9.66. The monoisotopic (exact) mass is 658 g/mol. The molecule has 7 rings (SSSR count). The van der Waals surface area contributed by atoms with E-state index in [1.807, 2.05) is 13.8 Å². The third kappa shape index (κ3) is 6.54. The molecule has 0 fully saturated rings. The summed E-state index contributed by atoms with van der Waals surface area (Å²) in [6, 6.07) is 49.1.